The number of hydrogen-bond acceptors (Lipinski definition) is 5. The second-order valence-corrected chi connectivity index (χ2v) is 7.87. The van der Waals surface area contributed by atoms with Crippen LogP contribution in [0, 0.1) is 11.6 Å². The van der Waals surface area contributed by atoms with Crippen molar-refractivity contribution < 1.29 is 23.1 Å². The zero-order chi connectivity index (χ0) is 24.5. The summed E-state index contributed by atoms with van der Waals surface area (Å²) < 4.78 is 32.9. The van der Waals surface area contributed by atoms with Crippen LogP contribution in [0.4, 0.5) is 19.4 Å². The van der Waals surface area contributed by atoms with E-state index in [1.165, 1.54) is 24.1 Å². The van der Waals surface area contributed by atoms with Crippen molar-refractivity contribution in [1.82, 2.24) is 15.4 Å². The van der Waals surface area contributed by atoms with Gasteiger partial charge in [0.1, 0.15) is 12.4 Å². The Morgan fingerprint density at radius 3 is 2.62 bits per heavy atom. The maximum absolute atomic E-state index is 14.0. The minimum absolute atomic E-state index is 0.0848. The Balaban J connectivity index is 1.64. The number of hydrogen-bond donors (Lipinski definition) is 2. The molecular weight excluding hydrogens is 442 g/mol. The van der Waals surface area contributed by atoms with E-state index in [1.54, 1.807) is 12.3 Å². The van der Waals surface area contributed by atoms with Gasteiger partial charge in [0.2, 0.25) is 5.91 Å². The van der Waals surface area contributed by atoms with Gasteiger partial charge in [-0.2, -0.15) is 0 Å². The highest BCUT2D eigenvalue weighted by atomic mass is 19.2. The number of nitrogens with one attached hydrogen (secondary N) is 2. The second kappa shape index (κ2) is 12.0. The van der Waals surface area contributed by atoms with E-state index >= 15 is 0 Å². The molecule has 0 bridgehead atoms. The van der Waals surface area contributed by atoms with E-state index in [2.05, 4.69) is 15.7 Å². The van der Waals surface area contributed by atoms with E-state index < -0.39 is 23.8 Å². The summed E-state index contributed by atoms with van der Waals surface area (Å²) in [4.78, 5) is 28.9. The van der Waals surface area contributed by atoms with Crippen molar-refractivity contribution in [2.75, 3.05) is 11.9 Å². The Bertz CT molecular complexity index is 1140. The number of halogens is 2. The van der Waals surface area contributed by atoms with Gasteiger partial charge >= 0.3 is 6.09 Å². The van der Waals surface area contributed by atoms with E-state index in [0.29, 0.717) is 12.2 Å². The molecule has 3 rings (SSSR count). The predicted octanol–water partition coefficient (Wildman–Crippen LogP) is 5.17. The first-order valence-corrected chi connectivity index (χ1v) is 11.1. The third kappa shape index (κ3) is 6.71. The number of amides is 2. The monoisotopic (exact) mass is 470 g/mol. The lowest BCUT2D eigenvalue weighted by Gasteiger charge is -2.31. The van der Waals surface area contributed by atoms with Gasteiger partial charge < -0.3 is 4.74 Å². The van der Waals surface area contributed by atoms with Crippen LogP contribution in [0.25, 0.3) is 10.8 Å². The maximum Gasteiger partial charge on any atom is 0.412 e. The first kappa shape index (κ1) is 25.0. The molecule has 9 heteroatoms. The fourth-order valence-corrected chi connectivity index (χ4v) is 3.54. The van der Waals surface area contributed by atoms with E-state index in [-0.39, 0.29) is 24.6 Å². The molecule has 2 N–H and O–H groups in total. The molecule has 3 aromatic rings. The maximum atomic E-state index is 14.0. The van der Waals surface area contributed by atoms with Gasteiger partial charge in [0.15, 0.2) is 11.6 Å². The standard InChI is InChI=1S/C25H28F2N4O3/c1-3-4-11-21(31(17(2)32)29-15-20-10-7-12-22(26)24(20)27)16-34-25(33)30-23-13-18-8-5-6-9-19(18)14-28-23/h5-10,12-14,21,29H,3-4,11,15-16H2,1-2H3,(H,28,30,33)/t21-/m1/s1. The van der Waals surface area contributed by atoms with Crippen LogP contribution in [-0.4, -0.2) is 34.6 Å². The predicted molar refractivity (Wildman–Crippen MR) is 126 cm³/mol. The number of carbonyl (C=O) groups is 2. The summed E-state index contributed by atoms with van der Waals surface area (Å²) in [6.45, 7) is 3.17. The average Bonchev–Trinajstić information content (AvgIpc) is 2.82. The molecule has 0 saturated heterocycles. The van der Waals surface area contributed by atoms with Gasteiger partial charge in [0, 0.05) is 30.6 Å². The molecular formula is C25H28F2N4O3. The number of fused-ring (bicyclic) bond motifs is 1. The van der Waals surface area contributed by atoms with Crippen molar-refractivity contribution in [3.05, 3.63) is 71.9 Å². The van der Waals surface area contributed by atoms with Crippen molar-refractivity contribution in [3.8, 4) is 0 Å². The molecule has 0 aliphatic rings. The zero-order valence-corrected chi connectivity index (χ0v) is 19.2. The highest BCUT2D eigenvalue weighted by Gasteiger charge is 2.23. The van der Waals surface area contributed by atoms with Crippen molar-refractivity contribution in [2.45, 2.75) is 45.7 Å². The van der Waals surface area contributed by atoms with Gasteiger partial charge in [-0.15, -0.1) is 0 Å². The average molecular weight is 471 g/mol. The number of benzene rings is 2. The summed E-state index contributed by atoms with van der Waals surface area (Å²) >= 11 is 0. The summed E-state index contributed by atoms with van der Waals surface area (Å²) in [7, 11) is 0. The van der Waals surface area contributed by atoms with Crippen molar-refractivity contribution in [1.29, 1.82) is 0 Å². The molecule has 1 aromatic heterocycles. The Labute approximate surface area is 197 Å². The summed E-state index contributed by atoms with van der Waals surface area (Å²) in [6.07, 6.45) is 3.15. The van der Waals surface area contributed by atoms with E-state index in [0.717, 1.165) is 29.7 Å². The molecule has 0 radical (unpaired) electrons. The quantitative estimate of drug-likeness (QED) is 0.399. The van der Waals surface area contributed by atoms with Crippen LogP contribution in [0.5, 0.6) is 0 Å². The molecule has 0 fully saturated rings. The molecule has 2 amide bonds. The summed E-state index contributed by atoms with van der Waals surface area (Å²) in [5.74, 6) is -1.92. The van der Waals surface area contributed by atoms with Crippen LogP contribution in [-0.2, 0) is 16.1 Å². The smallest absolute Gasteiger partial charge is 0.412 e. The number of ether oxygens (including phenoxy) is 1. The Hall–Kier alpha value is -3.59. The van der Waals surface area contributed by atoms with Crippen LogP contribution in [0.3, 0.4) is 0 Å². The first-order chi connectivity index (χ1) is 16.4. The normalized spacial score (nSPS) is 11.8. The van der Waals surface area contributed by atoms with Crippen LogP contribution in [0.15, 0.2) is 54.7 Å². The van der Waals surface area contributed by atoms with Crippen LogP contribution in [0.1, 0.15) is 38.7 Å². The largest absolute Gasteiger partial charge is 0.447 e. The number of pyridine rings is 1. The zero-order valence-electron chi connectivity index (χ0n) is 19.2. The summed E-state index contributed by atoms with van der Waals surface area (Å²) in [5.41, 5.74) is 2.94. The van der Waals surface area contributed by atoms with Crippen molar-refractivity contribution in [2.24, 2.45) is 0 Å². The number of nitrogens with zero attached hydrogens (tertiary/aromatic N) is 2. The first-order valence-electron chi connectivity index (χ1n) is 11.1. The Morgan fingerprint density at radius 1 is 1.12 bits per heavy atom. The Morgan fingerprint density at radius 2 is 1.88 bits per heavy atom. The lowest BCUT2D eigenvalue weighted by molar-refractivity contribution is -0.136. The van der Waals surface area contributed by atoms with Gasteiger partial charge in [-0.25, -0.2) is 24.0 Å². The van der Waals surface area contributed by atoms with E-state index in [4.69, 9.17) is 4.74 Å². The molecule has 0 aliphatic carbocycles. The lowest BCUT2D eigenvalue weighted by Crippen LogP contribution is -2.50. The molecule has 0 aliphatic heterocycles. The van der Waals surface area contributed by atoms with Gasteiger partial charge in [0.05, 0.1) is 6.04 Å². The topological polar surface area (TPSA) is 83.6 Å². The summed E-state index contributed by atoms with van der Waals surface area (Å²) in [5, 5.41) is 5.77. The van der Waals surface area contributed by atoms with E-state index in [1.807, 2.05) is 31.2 Å². The fraction of sp³-hybridized carbons (Fsp3) is 0.320. The van der Waals surface area contributed by atoms with Crippen LogP contribution in [0.2, 0.25) is 0 Å². The lowest BCUT2D eigenvalue weighted by atomic mass is 10.1. The molecule has 1 atom stereocenters. The van der Waals surface area contributed by atoms with Crippen LogP contribution < -0.4 is 10.7 Å². The van der Waals surface area contributed by atoms with Crippen molar-refractivity contribution in [3.63, 3.8) is 0 Å². The number of unbranched alkanes of at least 4 members (excludes halogenated alkanes) is 1. The molecule has 7 nitrogen and oxygen atoms in total. The summed E-state index contributed by atoms with van der Waals surface area (Å²) in [6, 6.07) is 12.7. The van der Waals surface area contributed by atoms with Gasteiger partial charge in [-0.3, -0.25) is 15.1 Å². The van der Waals surface area contributed by atoms with Crippen LogP contribution >= 0.6 is 0 Å². The third-order valence-electron chi connectivity index (χ3n) is 5.33. The molecule has 1 heterocycles. The molecule has 180 valence electrons. The number of aromatic nitrogens is 1. The number of anilines is 1. The SMILES string of the molecule is CCCC[C@H](COC(=O)Nc1cc2ccccc2cn1)N(NCc1cccc(F)c1F)C(C)=O. The van der Waals surface area contributed by atoms with Gasteiger partial charge in [-0.05, 0) is 23.9 Å². The van der Waals surface area contributed by atoms with Crippen molar-refractivity contribution >= 4 is 28.6 Å². The molecule has 2 aromatic carbocycles. The number of hydrazine groups is 1. The number of rotatable bonds is 10. The highest BCUT2D eigenvalue weighted by molar-refractivity contribution is 5.89. The van der Waals surface area contributed by atoms with E-state index in [9.17, 15) is 18.4 Å². The number of carbonyl (C=O) groups excluding carboxylic acids is 2. The second-order valence-electron chi connectivity index (χ2n) is 7.87. The third-order valence-corrected chi connectivity index (χ3v) is 5.33. The molecule has 34 heavy (non-hydrogen) atoms. The van der Waals surface area contributed by atoms with Gasteiger partial charge in [0.25, 0.3) is 0 Å². The minimum atomic E-state index is -0.970. The molecule has 0 saturated carbocycles. The fourth-order valence-electron chi connectivity index (χ4n) is 3.54. The molecule has 0 spiro atoms. The molecule has 0 unspecified atom stereocenters. The van der Waals surface area contributed by atoms with Gasteiger partial charge in [-0.1, -0.05) is 56.2 Å². The highest BCUT2D eigenvalue weighted by Crippen LogP contribution is 2.17. The minimum Gasteiger partial charge on any atom is -0.447 e. The Kier molecular flexibility index (Phi) is 8.86.